The van der Waals surface area contributed by atoms with E-state index in [1.807, 2.05) is 65.2 Å². The van der Waals surface area contributed by atoms with E-state index < -0.39 is 11.3 Å². The van der Waals surface area contributed by atoms with E-state index in [1.165, 1.54) is 6.20 Å². The summed E-state index contributed by atoms with van der Waals surface area (Å²) in [6.07, 6.45) is 3.66. The monoisotopic (exact) mass is 335 g/mol. The smallest absolute Gasteiger partial charge is 0.256 e. The molecular formula is C20H21N3O2. The van der Waals surface area contributed by atoms with Crippen LogP contribution < -0.4 is 10.5 Å². The fourth-order valence-corrected chi connectivity index (χ4v) is 3.32. The third kappa shape index (κ3) is 3.01. The van der Waals surface area contributed by atoms with Crippen molar-refractivity contribution in [2.24, 2.45) is 5.73 Å². The van der Waals surface area contributed by atoms with Crippen molar-refractivity contribution in [3.63, 3.8) is 0 Å². The molecule has 0 saturated heterocycles. The van der Waals surface area contributed by atoms with Crippen LogP contribution in [0.2, 0.25) is 0 Å². The molecule has 0 aliphatic heterocycles. The lowest BCUT2D eigenvalue weighted by Crippen LogP contribution is -2.43. The Bertz CT molecular complexity index is 818. The number of rotatable bonds is 6. The first-order valence-corrected chi connectivity index (χ1v) is 8.21. The van der Waals surface area contributed by atoms with E-state index in [4.69, 9.17) is 5.73 Å². The normalized spacial score (nSPS) is 11.4. The van der Waals surface area contributed by atoms with Crippen LogP contribution >= 0.6 is 0 Å². The Hall–Kier alpha value is -3.08. The molecule has 1 aromatic heterocycles. The standard InChI is InChI=1S/C20H21N3O2/c1-16-22(14-15-23(16)25)13-12-20(19(21)24,17-8-4-2-5-9-17)18-10-6-3-7-11-18/h2-11,14-15H,12-13H2,1H3,(H2,21,24). The number of nitrogens with two attached hydrogens (primary N) is 1. The number of aromatic nitrogens is 2. The van der Waals surface area contributed by atoms with Gasteiger partial charge in [0.05, 0.1) is 6.54 Å². The predicted molar refractivity (Wildman–Crippen MR) is 95.6 cm³/mol. The number of imidazole rings is 1. The summed E-state index contributed by atoms with van der Waals surface area (Å²) in [6.45, 7) is 2.26. The van der Waals surface area contributed by atoms with E-state index in [9.17, 15) is 10.0 Å². The van der Waals surface area contributed by atoms with Crippen molar-refractivity contribution >= 4 is 5.91 Å². The molecule has 0 aliphatic carbocycles. The minimum atomic E-state index is -0.951. The molecule has 5 heteroatoms. The molecule has 3 aromatic rings. The first-order valence-electron chi connectivity index (χ1n) is 8.21. The lowest BCUT2D eigenvalue weighted by molar-refractivity contribution is -0.612. The van der Waals surface area contributed by atoms with Gasteiger partial charge in [0.15, 0.2) is 0 Å². The number of carbonyl (C=O) groups excluding carboxylic acids is 1. The first kappa shape index (κ1) is 16.8. The van der Waals surface area contributed by atoms with Crippen LogP contribution in [0.1, 0.15) is 23.4 Å². The second-order valence-electron chi connectivity index (χ2n) is 6.12. The Labute approximate surface area is 146 Å². The molecule has 3 rings (SSSR count). The average Bonchev–Trinajstić information content (AvgIpc) is 2.96. The molecule has 1 heterocycles. The number of benzene rings is 2. The Morgan fingerprint density at radius 3 is 2.00 bits per heavy atom. The van der Waals surface area contributed by atoms with Gasteiger partial charge in [0.2, 0.25) is 5.91 Å². The van der Waals surface area contributed by atoms with Gasteiger partial charge in [-0.15, -0.1) is 0 Å². The zero-order valence-corrected chi connectivity index (χ0v) is 14.1. The molecule has 1 amide bonds. The van der Waals surface area contributed by atoms with Gasteiger partial charge in [-0.25, -0.2) is 9.30 Å². The molecule has 0 spiro atoms. The molecule has 0 aliphatic rings. The Balaban J connectivity index is 2.08. The molecular weight excluding hydrogens is 314 g/mol. The third-order valence-corrected chi connectivity index (χ3v) is 4.80. The number of amides is 1. The number of primary amides is 1. The van der Waals surface area contributed by atoms with Crippen LogP contribution in [0.25, 0.3) is 0 Å². The zero-order chi connectivity index (χ0) is 17.9. The fourth-order valence-electron chi connectivity index (χ4n) is 3.32. The minimum Gasteiger partial charge on any atom is -0.711 e. The van der Waals surface area contributed by atoms with E-state index in [0.29, 0.717) is 18.8 Å². The highest BCUT2D eigenvalue weighted by atomic mass is 16.5. The lowest BCUT2D eigenvalue weighted by atomic mass is 9.71. The van der Waals surface area contributed by atoms with Gasteiger partial charge in [-0.3, -0.25) is 4.79 Å². The van der Waals surface area contributed by atoms with E-state index in [0.717, 1.165) is 15.9 Å². The Kier molecular flexibility index (Phi) is 4.57. The van der Waals surface area contributed by atoms with Crippen molar-refractivity contribution in [2.75, 3.05) is 0 Å². The van der Waals surface area contributed by atoms with Crippen LogP contribution in [-0.2, 0) is 16.8 Å². The van der Waals surface area contributed by atoms with Crippen molar-refractivity contribution in [3.05, 3.63) is 95.2 Å². The van der Waals surface area contributed by atoms with Gasteiger partial charge in [0.1, 0.15) is 17.8 Å². The second-order valence-corrected chi connectivity index (χ2v) is 6.12. The quantitative estimate of drug-likeness (QED) is 0.554. The summed E-state index contributed by atoms with van der Waals surface area (Å²) in [7, 11) is 0. The molecule has 25 heavy (non-hydrogen) atoms. The molecule has 0 bridgehead atoms. The second kappa shape index (κ2) is 6.81. The maximum atomic E-state index is 12.7. The van der Waals surface area contributed by atoms with E-state index in [2.05, 4.69) is 0 Å². The summed E-state index contributed by atoms with van der Waals surface area (Å²) >= 11 is 0. The summed E-state index contributed by atoms with van der Waals surface area (Å²) in [5, 5.41) is 11.6. The molecule has 128 valence electrons. The summed E-state index contributed by atoms with van der Waals surface area (Å²) in [5.74, 6) is 0.184. The van der Waals surface area contributed by atoms with Gasteiger partial charge in [0.25, 0.3) is 5.82 Å². The first-order chi connectivity index (χ1) is 12.1. The van der Waals surface area contributed by atoms with Crippen molar-refractivity contribution in [1.82, 2.24) is 4.57 Å². The van der Waals surface area contributed by atoms with Crippen LogP contribution in [0.15, 0.2) is 73.1 Å². The molecule has 0 saturated carbocycles. The highest BCUT2D eigenvalue weighted by Gasteiger charge is 2.40. The predicted octanol–water partition coefficient (Wildman–Crippen LogP) is 2.29. The summed E-state index contributed by atoms with van der Waals surface area (Å²) in [6, 6.07) is 19.1. The minimum absolute atomic E-state index is 0.398. The number of carbonyl (C=O) groups is 1. The third-order valence-electron chi connectivity index (χ3n) is 4.80. The highest BCUT2D eigenvalue weighted by molar-refractivity contribution is 5.90. The Morgan fingerprint density at radius 1 is 1.08 bits per heavy atom. The zero-order valence-electron chi connectivity index (χ0n) is 14.1. The maximum absolute atomic E-state index is 12.7. The van der Waals surface area contributed by atoms with Crippen molar-refractivity contribution in [3.8, 4) is 0 Å². The van der Waals surface area contributed by atoms with E-state index in [-0.39, 0.29) is 0 Å². The van der Waals surface area contributed by atoms with Gasteiger partial charge in [-0.05, 0) is 11.1 Å². The van der Waals surface area contributed by atoms with E-state index in [1.54, 1.807) is 13.1 Å². The number of nitrogens with zero attached hydrogens (tertiary/aromatic N) is 2. The molecule has 0 radical (unpaired) electrons. The SMILES string of the molecule is Cc1n(CCC(C(N)=O)(c2ccccc2)c2ccccc2)cc[n+]1[O-]. The molecule has 5 nitrogen and oxygen atoms in total. The lowest BCUT2D eigenvalue weighted by Gasteiger charge is -2.31. The van der Waals surface area contributed by atoms with Gasteiger partial charge < -0.3 is 10.9 Å². The molecule has 0 atom stereocenters. The van der Waals surface area contributed by atoms with Gasteiger partial charge in [-0.2, -0.15) is 0 Å². The number of aryl methyl sites for hydroxylation is 1. The van der Waals surface area contributed by atoms with Crippen molar-refractivity contribution < 1.29 is 9.52 Å². The summed E-state index contributed by atoms with van der Waals surface area (Å²) < 4.78 is 2.66. The number of hydrogen-bond acceptors (Lipinski definition) is 2. The van der Waals surface area contributed by atoms with Gasteiger partial charge in [0, 0.05) is 13.3 Å². The maximum Gasteiger partial charge on any atom is 0.256 e. The van der Waals surface area contributed by atoms with Crippen molar-refractivity contribution in [1.29, 1.82) is 0 Å². The van der Waals surface area contributed by atoms with Crippen LogP contribution in [0.3, 0.4) is 0 Å². The molecule has 2 aromatic carbocycles. The van der Waals surface area contributed by atoms with Gasteiger partial charge in [-0.1, -0.05) is 60.7 Å². The molecule has 2 N–H and O–H groups in total. The summed E-state index contributed by atoms with van der Waals surface area (Å²) in [4.78, 5) is 12.7. The fraction of sp³-hybridized carbons (Fsp3) is 0.200. The summed E-state index contributed by atoms with van der Waals surface area (Å²) in [5.41, 5.74) is 6.69. The van der Waals surface area contributed by atoms with Crippen molar-refractivity contribution in [2.45, 2.75) is 25.3 Å². The molecule has 0 unspecified atom stereocenters. The van der Waals surface area contributed by atoms with E-state index >= 15 is 0 Å². The van der Waals surface area contributed by atoms with Crippen LogP contribution in [-0.4, -0.2) is 10.5 Å². The average molecular weight is 335 g/mol. The van der Waals surface area contributed by atoms with Crippen LogP contribution in [0, 0.1) is 12.1 Å². The van der Waals surface area contributed by atoms with Gasteiger partial charge >= 0.3 is 0 Å². The van der Waals surface area contributed by atoms with Crippen LogP contribution in [0.5, 0.6) is 0 Å². The number of hydrogen-bond donors (Lipinski definition) is 1. The van der Waals surface area contributed by atoms with Crippen LogP contribution in [0.4, 0.5) is 0 Å². The largest absolute Gasteiger partial charge is 0.711 e. The Morgan fingerprint density at radius 2 is 1.60 bits per heavy atom. The topological polar surface area (TPSA) is 75.0 Å². The highest BCUT2D eigenvalue weighted by Crippen LogP contribution is 2.36. The molecule has 0 fully saturated rings.